The zero-order valence-electron chi connectivity index (χ0n) is 13.1. The van der Waals surface area contributed by atoms with Crippen molar-refractivity contribution in [2.45, 2.75) is 32.7 Å². The maximum atomic E-state index is 6.01. The minimum atomic E-state index is -0.142. The molecule has 22 heavy (non-hydrogen) atoms. The molecule has 1 heterocycles. The summed E-state index contributed by atoms with van der Waals surface area (Å²) in [5.41, 5.74) is 1.15. The molecular weight excluding hydrogens is 276 g/mol. The van der Waals surface area contributed by atoms with Gasteiger partial charge in [0.25, 0.3) is 0 Å². The van der Waals surface area contributed by atoms with Crippen LogP contribution in [0.4, 0.5) is 0 Å². The standard InChI is InChI=1S/C19H22O3/c1-14-11-19(20-13-14)22-18-10-6-9-17(12-18)21-15(2)16-7-4-3-5-8-16/h3-10,12,14-15,19H,11,13H2,1-2H3/t14-,15?,19?/m1/s1. The fourth-order valence-corrected chi connectivity index (χ4v) is 2.59. The van der Waals surface area contributed by atoms with Crippen LogP contribution in [0.25, 0.3) is 0 Å². The van der Waals surface area contributed by atoms with Gasteiger partial charge in [-0.05, 0) is 30.5 Å². The third-order valence-corrected chi connectivity index (χ3v) is 3.82. The van der Waals surface area contributed by atoms with Crippen LogP contribution in [0, 0.1) is 5.92 Å². The van der Waals surface area contributed by atoms with Gasteiger partial charge in [0.2, 0.25) is 0 Å². The van der Waals surface area contributed by atoms with E-state index in [0.717, 1.165) is 30.1 Å². The van der Waals surface area contributed by atoms with E-state index in [0.29, 0.717) is 5.92 Å². The highest BCUT2D eigenvalue weighted by molar-refractivity contribution is 5.33. The molecule has 0 amide bonds. The second-order valence-electron chi connectivity index (χ2n) is 5.87. The predicted molar refractivity (Wildman–Crippen MR) is 86.1 cm³/mol. The molecule has 1 aliphatic rings. The Hall–Kier alpha value is -2.00. The zero-order chi connectivity index (χ0) is 15.4. The van der Waals surface area contributed by atoms with E-state index < -0.39 is 0 Å². The largest absolute Gasteiger partial charge is 0.486 e. The molecule has 1 saturated heterocycles. The Kier molecular flexibility index (Phi) is 4.64. The van der Waals surface area contributed by atoms with Gasteiger partial charge in [-0.15, -0.1) is 0 Å². The molecule has 0 saturated carbocycles. The molecule has 116 valence electrons. The Balaban J connectivity index is 1.63. The van der Waals surface area contributed by atoms with E-state index in [4.69, 9.17) is 14.2 Å². The minimum absolute atomic E-state index is 0.000738. The summed E-state index contributed by atoms with van der Waals surface area (Å²) in [7, 11) is 0. The van der Waals surface area contributed by atoms with Gasteiger partial charge in [-0.2, -0.15) is 0 Å². The van der Waals surface area contributed by atoms with Crippen molar-refractivity contribution in [3.63, 3.8) is 0 Å². The molecule has 0 N–H and O–H groups in total. The van der Waals surface area contributed by atoms with Crippen molar-refractivity contribution in [3.05, 3.63) is 60.2 Å². The highest BCUT2D eigenvalue weighted by Gasteiger charge is 2.23. The van der Waals surface area contributed by atoms with E-state index in [1.54, 1.807) is 0 Å². The van der Waals surface area contributed by atoms with E-state index in [2.05, 4.69) is 19.1 Å². The van der Waals surface area contributed by atoms with E-state index in [9.17, 15) is 0 Å². The lowest BCUT2D eigenvalue weighted by Gasteiger charge is -2.17. The summed E-state index contributed by atoms with van der Waals surface area (Å²) in [4.78, 5) is 0. The van der Waals surface area contributed by atoms with Crippen molar-refractivity contribution in [2.75, 3.05) is 6.61 Å². The fourth-order valence-electron chi connectivity index (χ4n) is 2.59. The molecule has 2 aromatic rings. The highest BCUT2D eigenvalue weighted by Crippen LogP contribution is 2.28. The molecule has 0 radical (unpaired) electrons. The number of benzene rings is 2. The summed E-state index contributed by atoms with van der Waals surface area (Å²) in [6.07, 6.45) is 0.793. The molecule has 0 aliphatic carbocycles. The second-order valence-corrected chi connectivity index (χ2v) is 5.87. The van der Waals surface area contributed by atoms with Gasteiger partial charge in [-0.25, -0.2) is 0 Å². The summed E-state index contributed by atoms with van der Waals surface area (Å²) >= 11 is 0. The van der Waals surface area contributed by atoms with Gasteiger partial charge in [0.15, 0.2) is 6.29 Å². The van der Waals surface area contributed by atoms with Gasteiger partial charge in [0, 0.05) is 12.5 Å². The first kappa shape index (κ1) is 14.9. The van der Waals surface area contributed by atoms with Gasteiger partial charge >= 0.3 is 0 Å². The lowest BCUT2D eigenvalue weighted by Crippen LogP contribution is -2.14. The molecular formula is C19H22O3. The molecule has 3 atom stereocenters. The van der Waals surface area contributed by atoms with Crippen LogP contribution in [0.3, 0.4) is 0 Å². The molecule has 1 fully saturated rings. The summed E-state index contributed by atoms with van der Waals surface area (Å²) < 4.78 is 17.5. The highest BCUT2D eigenvalue weighted by atomic mass is 16.7. The molecule has 1 aliphatic heterocycles. The monoisotopic (exact) mass is 298 g/mol. The maximum absolute atomic E-state index is 6.01. The number of hydrogen-bond acceptors (Lipinski definition) is 3. The molecule has 0 aromatic heterocycles. The topological polar surface area (TPSA) is 27.7 Å². The van der Waals surface area contributed by atoms with Gasteiger partial charge in [-0.3, -0.25) is 0 Å². The molecule has 2 aromatic carbocycles. The third-order valence-electron chi connectivity index (χ3n) is 3.82. The van der Waals surface area contributed by atoms with Crippen molar-refractivity contribution >= 4 is 0 Å². The molecule has 2 unspecified atom stereocenters. The fraction of sp³-hybridized carbons (Fsp3) is 0.368. The van der Waals surface area contributed by atoms with Crippen LogP contribution in [0.5, 0.6) is 11.5 Å². The van der Waals surface area contributed by atoms with E-state index in [-0.39, 0.29) is 12.4 Å². The van der Waals surface area contributed by atoms with Crippen molar-refractivity contribution in [1.82, 2.24) is 0 Å². The molecule has 3 rings (SSSR count). The average molecular weight is 298 g/mol. The average Bonchev–Trinajstić information content (AvgIpc) is 2.93. The second kappa shape index (κ2) is 6.84. The Labute approximate surface area is 131 Å². The van der Waals surface area contributed by atoms with Crippen LogP contribution in [0.1, 0.15) is 31.9 Å². The molecule has 0 spiro atoms. The van der Waals surface area contributed by atoms with Gasteiger partial charge in [-0.1, -0.05) is 43.3 Å². The third kappa shape index (κ3) is 3.80. The summed E-state index contributed by atoms with van der Waals surface area (Å²) in [6, 6.07) is 17.9. The van der Waals surface area contributed by atoms with Crippen LogP contribution in [0.15, 0.2) is 54.6 Å². The van der Waals surface area contributed by atoms with E-state index >= 15 is 0 Å². The Morgan fingerprint density at radius 3 is 2.55 bits per heavy atom. The SMILES string of the molecule is CC(Oc1cccc(OC2C[C@@H](C)CO2)c1)c1ccccc1. The number of ether oxygens (including phenoxy) is 3. The van der Waals surface area contributed by atoms with Crippen molar-refractivity contribution in [2.24, 2.45) is 5.92 Å². The quantitative estimate of drug-likeness (QED) is 0.808. The zero-order valence-corrected chi connectivity index (χ0v) is 13.1. The maximum Gasteiger partial charge on any atom is 0.200 e. The smallest absolute Gasteiger partial charge is 0.200 e. The molecule has 3 nitrogen and oxygen atoms in total. The van der Waals surface area contributed by atoms with Gasteiger partial charge < -0.3 is 14.2 Å². The molecule has 3 heteroatoms. The Morgan fingerprint density at radius 1 is 1.05 bits per heavy atom. The van der Waals surface area contributed by atoms with Crippen LogP contribution >= 0.6 is 0 Å². The van der Waals surface area contributed by atoms with E-state index in [1.165, 1.54) is 0 Å². The Bertz CT molecular complexity index is 597. The van der Waals surface area contributed by atoms with Crippen LogP contribution < -0.4 is 9.47 Å². The first-order chi connectivity index (χ1) is 10.7. The van der Waals surface area contributed by atoms with Crippen molar-refractivity contribution in [1.29, 1.82) is 0 Å². The lowest BCUT2D eigenvalue weighted by atomic mass is 10.1. The summed E-state index contributed by atoms with van der Waals surface area (Å²) in [5.74, 6) is 2.15. The van der Waals surface area contributed by atoms with Crippen molar-refractivity contribution < 1.29 is 14.2 Å². The number of rotatable bonds is 5. The number of hydrogen-bond donors (Lipinski definition) is 0. The van der Waals surface area contributed by atoms with Gasteiger partial charge in [0.05, 0.1) is 6.61 Å². The summed E-state index contributed by atoms with van der Waals surface area (Å²) in [6.45, 7) is 4.99. The molecule has 0 bridgehead atoms. The lowest BCUT2D eigenvalue weighted by molar-refractivity contribution is -0.0394. The Morgan fingerprint density at radius 2 is 1.82 bits per heavy atom. The predicted octanol–water partition coefficient (Wildman–Crippen LogP) is 4.59. The van der Waals surface area contributed by atoms with Crippen LogP contribution in [-0.2, 0) is 4.74 Å². The van der Waals surface area contributed by atoms with E-state index in [1.807, 2.05) is 49.4 Å². The first-order valence-corrected chi connectivity index (χ1v) is 7.80. The first-order valence-electron chi connectivity index (χ1n) is 7.80. The van der Waals surface area contributed by atoms with Crippen molar-refractivity contribution in [3.8, 4) is 11.5 Å². The minimum Gasteiger partial charge on any atom is -0.486 e. The normalized spacial score (nSPS) is 22.3. The van der Waals surface area contributed by atoms with Crippen LogP contribution in [0.2, 0.25) is 0 Å². The van der Waals surface area contributed by atoms with Crippen LogP contribution in [-0.4, -0.2) is 12.9 Å². The summed E-state index contributed by atoms with van der Waals surface area (Å²) in [5, 5.41) is 0. The van der Waals surface area contributed by atoms with Gasteiger partial charge in [0.1, 0.15) is 17.6 Å².